The lowest BCUT2D eigenvalue weighted by molar-refractivity contribution is 0.0479. The number of aromatic nitrogens is 2. The van der Waals surface area contributed by atoms with Crippen molar-refractivity contribution in [2.75, 3.05) is 11.9 Å². The number of hydrogen-bond donors (Lipinski definition) is 3. The number of aromatic amines is 1. The number of H-pyrrole nitrogens is 1. The van der Waals surface area contributed by atoms with Crippen LogP contribution < -0.4 is 15.8 Å². The molecule has 3 N–H and O–H groups in total. The van der Waals surface area contributed by atoms with Gasteiger partial charge in [0.2, 0.25) is 5.82 Å². The fourth-order valence-corrected chi connectivity index (χ4v) is 4.24. The fourth-order valence-electron chi connectivity index (χ4n) is 3.68. The van der Waals surface area contributed by atoms with Crippen molar-refractivity contribution < 1.29 is 23.9 Å². The minimum absolute atomic E-state index is 0.153. The van der Waals surface area contributed by atoms with Crippen molar-refractivity contribution in [1.82, 2.24) is 10.1 Å². The molecule has 0 fully saturated rings. The van der Waals surface area contributed by atoms with Gasteiger partial charge in [-0.1, -0.05) is 23.2 Å². The van der Waals surface area contributed by atoms with Gasteiger partial charge < -0.3 is 19.9 Å². The molecule has 4 rings (SSSR count). The summed E-state index contributed by atoms with van der Waals surface area (Å²) < 4.78 is 16.2. The van der Waals surface area contributed by atoms with Crippen LogP contribution in [0.5, 0.6) is 17.2 Å². The molecule has 0 aliphatic heterocycles. The summed E-state index contributed by atoms with van der Waals surface area (Å²) in [4.78, 5) is 25.3. The number of anilines is 1. The molecular weight excluding hydrogens is 461 g/mol. The van der Waals surface area contributed by atoms with Crippen molar-refractivity contribution in [3.05, 3.63) is 61.8 Å². The normalized spacial score (nSPS) is 15.3. The lowest BCUT2D eigenvalue weighted by Crippen LogP contribution is -2.15. The van der Waals surface area contributed by atoms with E-state index in [1.165, 1.54) is 12.1 Å². The monoisotopic (exact) mass is 479 g/mol. The van der Waals surface area contributed by atoms with E-state index in [4.69, 9.17) is 32.7 Å². The van der Waals surface area contributed by atoms with Crippen LogP contribution in [0.2, 0.25) is 10.0 Å². The van der Waals surface area contributed by atoms with E-state index in [0.29, 0.717) is 24.3 Å². The second-order valence-corrected chi connectivity index (χ2v) is 7.89. The number of nitrogens with one attached hydrogen (secondary N) is 2. The molecule has 2 aromatic carbocycles. The predicted molar refractivity (Wildman–Crippen MR) is 117 cm³/mol. The fraction of sp³-hybridized carbons (Fsp3) is 0.286. The maximum absolute atomic E-state index is 12.1. The largest absolute Gasteiger partial charge is 0.508 e. The van der Waals surface area contributed by atoms with Crippen LogP contribution >= 0.6 is 23.2 Å². The smallest absolute Gasteiger partial charge is 0.439 e. The maximum atomic E-state index is 12.1. The van der Waals surface area contributed by atoms with Crippen molar-refractivity contribution in [3.8, 4) is 17.2 Å². The lowest BCUT2D eigenvalue weighted by atomic mass is 9.88. The molecule has 32 heavy (non-hydrogen) atoms. The molecule has 1 aliphatic rings. The van der Waals surface area contributed by atoms with Gasteiger partial charge in [0.1, 0.15) is 11.5 Å². The molecule has 1 amide bonds. The summed E-state index contributed by atoms with van der Waals surface area (Å²) in [5, 5.41) is 16.6. The average Bonchev–Trinajstić information content (AvgIpc) is 3.19. The highest BCUT2D eigenvalue weighted by atomic mass is 35.5. The van der Waals surface area contributed by atoms with E-state index in [0.717, 1.165) is 18.4 Å². The molecule has 1 unspecified atom stereocenters. The number of carbonyl (C=O) groups excluding carboxylic acids is 1. The van der Waals surface area contributed by atoms with E-state index in [1.807, 2.05) is 6.92 Å². The third-order valence-electron chi connectivity index (χ3n) is 5.00. The van der Waals surface area contributed by atoms with Crippen LogP contribution in [0.25, 0.3) is 0 Å². The van der Waals surface area contributed by atoms with E-state index in [-0.39, 0.29) is 39.2 Å². The Morgan fingerprint density at radius 1 is 1.34 bits per heavy atom. The van der Waals surface area contributed by atoms with Crippen LogP contribution in [0.4, 0.5) is 5.69 Å². The zero-order chi connectivity index (χ0) is 22.8. The molecule has 3 aromatic rings. The van der Waals surface area contributed by atoms with Crippen molar-refractivity contribution in [2.24, 2.45) is 0 Å². The van der Waals surface area contributed by atoms with Gasteiger partial charge in [0, 0.05) is 23.4 Å². The number of hydrogen-bond acceptors (Lipinski definition) is 7. The van der Waals surface area contributed by atoms with E-state index in [2.05, 4.69) is 20.0 Å². The number of halogens is 2. The number of ether oxygens (including phenoxy) is 2. The number of aromatic hydroxyl groups is 1. The average molecular weight is 480 g/mol. The van der Waals surface area contributed by atoms with Crippen LogP contribution in [0, 0.1) is 0 Å². The summed E-state index contributed by atoms with van der Waals surface area (Å²) >= 11 is 12.8. The first-order valence-electron chi connectivity index (χ1n) is 9.88. The Hall–Kier alpha value is -3.01. The molecule has 0 saturated heterocycles. The van der Waals surface area contributed by atoms with Gasteiger partial charge in [-0.25, -0.2) is 4.79 Å². The minimum atomic E-state index is -0.848. The molecular formula is C21H19Cl2N3O6. The van der Waals surface area contributed by atoms with Gasteiger partial charge >= 0.3 is 5.76 Å². The number of phenolic OH excluding ortho intramolecular Hbond substituents is 1. The third-order valence-corrected chi connectivity index (χ3v) is 5.56. The number of fused-ring (bicyclic) bond motifs is 1. The molecule has 11 heteroatoms. The molecule has 0 spiro atoms. The van der Waals surface area contributed by atoms with E-state index in [1.54, 1.807) is 12.1 Å². The molecule has 9 nitrogen and oxygen atoms in total. The number of benzene rings is 2. The molecule has 1 atom stereocenters. The molecule has 0 radical (unpaired) electrons. The Bertz CT molecular complexity index is 1200. The van der Waals surface area contributed by atoms with Crippen molar-refractivity contribution in [3.63, 3.8) is 0 Å². The maximum Gasteiger partial charge on any atom is 0.439 e. The van der Waals surface area contributed by atoms with Crippen LogP contribution in [-0.4, -0.2) is 27.8 Å². The van der Waals surface area contributed by atoms with Crippen LogP contribution in [-0.2, 0) is 11.2 Å². The van der Waals surface area contributed by atoms with Gasteiger partial charge in [-0.2, -0.15) is 0 Å². The summed E-state index contributed by atoms with van der Waals surface area (Å²) in [7, 11) is 0. The SMILES string of the molecule is CCOC1CCCc2c(Oc3c(Cl)cc(NC(=O)c4noc(=O)[nH]4)cc3Cl)ccc(O)c21. The van der Waals surface area contributed by atoms with Crippen LogP contribution in [0.1, 0.15) is 47.6 Å². The Labute approximate surface area is 192 Å². The molecule has 1 aliphatic carbocycles. The summed E-state index contributed by atoms with van der Waals surface area (Å²) in [6.45, 7) is 2.44. The Kier molecular flexibility index (Phi) is 6.40. The first-order chi connectivity index (χ1) is 15.4. The zero-order valence-corrected chi connectivity index (χ0v) is 18.4. The minimum Gasteiger partial charge on any atom is -0.508 e. The number of amides is 1. The number of carbonyl (C=O) groups is 1. The number of rotatable bonds is 6. The number of phenols is 1. The Morgan fingerprint density at radius 2 is 2.09 bits per heavy atom. The van der Waals surface area contributed by atoms with E-state index in [9.17, 15) is 14.7 Å². The highest BCUT2D eigenvalue weighted by molar-refractivity contribution is 6.37. The summed E-state index contributed by atoms with van der Waals surface area (Å²) in [5.74, 6) is -0.964. The molecule has 0 bridgehead atoms. The van der Waals surface area contributed by atoms with Gasteiger partial charge in [0.25, 0.3) is 5.91 Å². The van der Waals surface area contributed by atoms with Crippen LogP contribution in [0.15, 0.2) is 33.6 Å². The molecule has 0 saturated carbocycles. The van der Waals surface area contributed by atoms with Crippen molar-refractivity contribution in [1.29, 1.82) is 0 Å². The summed E-state index contributed by atoms with van der Waals surface area (Å²) in [6.07, 6.45) is 2.19. The zero-order valence-electron chi connectivity index (χ0n) is 16.9. The lowest BCUT2D eigenvalue weighted by Gasteiger charge is -2.28. The van der Waals surface area contributed by atoms with Gasteiger partial charge in [-0.3, -0.25) is 14.3 Å². The van der Waals surface area contributed by atoms with Gasteiger partial charge in [0.05, 0.1) is 16.1 Å². The Balaban J connectivity index is 1.61. The van der Waals surface area contributed by atoms with Gasteiger partial charge in [0.15, 0.2) is 5.75 Å². The first kappa shape index (κ1) is 22.2. The second-order valence-electron chi connectivity index (χ2n) is 7.08. The van der Waals surface area contributed by atoms with E-state index < -0.39 is 11.7 Å². The van der Waals surface area contributed by atoms with Crippen LogP contribution in [0.3, 0.4) is 0 Å². The quantitative estimate of drug-likeness (QED) is 0.461. The molecule has 1 heterocycles. The predicted octanol–water partition coefficient (Wildman–Crippen LogP) is 4.83. The highest BCUT2D eigenvalue weighted by Crippen LogP contribution is 2.46. The first-order valence-corrected chi connectivity index (χ1v) is 10.6. The third kappa shape index (κ3) is 4.45. The second kappa shape index (κ2) is 9.23. The molecule has 168 valence electrons. The summed E-state index contributed by atoms with van der Waals surface area (Å²) in [6, 6.07) is 6.12. The van der Waals surface area contributed by atoms with Gasteiger partial charge in [-0.15, -0.1) is 0 Å². The molecule has 1 aromatic heterocycles. The number of nitrogens with zero attached hydrogens (tertiary/aromatic N) is 1. The highest BCUT2D eigenvalue weighted by Gasteiger charge is 2.27. The van der Waals surface area contributed by atoms with Crippen molar-refractivity contribution in [2.45, 2.75) is 32.3 Å². The Morgan fingerprint density at radius 3 is 2.75 bits per heavy atom. The topological polar surface area (TPSA) is 127 Å². The van der Waals surface area contributed by atoms with Crippen molar-refractivity contribution >= 4 is 34.8 Å². The van der Waals surface area contributed by atoms with Gasteiger partial charge in [-0.05, 0) is 55.6 Å². The standard InChI is InChI=1S/C21H19Cl2N3O6/c1-2-30-16-5-3-4-11-15(7-6-14(27)17(11)16)31-18-12(22)8-10(9-13(18)23)24-20(28)19-25-21(29)32-26-19/h6-9,16,27H,2-5H2,1H3,(H,24,28)(H,25,26,29). The summed E-state index contributed by atoms with van der Waals surface area (Å²) in [5.41, 5.74) is 1.83. The van der Waals surface area contributed by atoms with E-state index >= 15 is 0 Å².